The standard InChI is InChI=1S/C12H20S2/c1-8(2)11-6-5-9(3)7-12(11)14-10(4)13/h9,11-12H,1,5-7H2,2-4H3. The maximum Gasteiger partial charge on any atom is 0.0450 e. The summed E-state index contributed by atoms with van der Waals surface area (Å²) in [5, 5.41) is 0.689. The Morgan fingerprint density at radius 3 is 2.50 bits per heavy atom. The summed E-state index contributed by atoms with van der Waals surface area (Å²) in [6, 6.07) is 0. The third-order valence-electron chi connectivity index (χ3n) is 3.00. The summed E-state index contributed by atoms with van der Waals surface area (Å²) in [5.74, 6) is 1.55. The first-order chi connectivity index (χ1) is 6.50. The lowest BCUT2D eigenvalue weighted by atomic mass is 9.79. The van der Waals surface area contributed by atoms with Crippen molar-refractivity contribution in [3.05, 3.63) is 12.2 Å². The lowest BCUT2D eigenvalue weighted by molar-refractivity contribution is 0.331. The summed E-state index contributed by atoms with van der Waals surface area (Å²) in [4.78, 5) is 0. The number of rotatable bonds is 2. The molecule has 0 N–H and O–H groups in total. The molecule has 0 saturated heterocycles. The van der Waals surface area contributed by atoms with Gasteiger partial charge in [0.2, 0.25) is 0 Å². The van der Waals surface area contributed by atoms with E-state index in [0.29, 0.717) is 11.2 Å². The van der Waals surface area contributed by atoms with Crippen LogP contribution in [0.5, 0.6) is 0 Å². The largest absolute Gasteiger partial charge is 0.115 e. The van der Waals surface area contributed by atoms with E-state index in [9.17, 15) is 0 Å². The molecule has 1 aliphatic carbocycles. The SMILES string of the molecule is C=C(C)C1CCC(C)CC1SC(C)=S. The van der Waals surface area contributed by atoms with Gasteiger partial charge in [-0.3, -0.25) is 0 Å². The van der Waals surface area contributed by atoms with Gasteiger partial charge in [0.1, 0.15) is 0 Å². The Labute approximate surface area is 97.5 Å². The van der Waals surface area contributed by atoms with Gasteiger partial charge < -0.3 is 0 Å². The Hall–Kier alpha value is 0.180. The van der Waals surface area contributed by atoms with E-state index in [4.69, 9.17) is 12.2 Å². The zero-order valence-electron chi connectivity index (χ0n) is 9.38. The summed E-state index contributed by atoms with van der Waals surface area (Å²) in [6.07, 6.45) is 3.96. The molecule has 0 spiro atoms. The topological polar surface area (TPSA) is 0 Å². The molecule has 14 heavy (non-hydrogen) atoms. The molecule has 0 heterocycles. The second kappa shape index (κ2) is 5.32. The van der Waals surface area contributed by atoms with E-state index in [1.807, 2.05) is 18.7 Å². The smallest absolute Gasteiger partial charge is 0.0450 e. The Morgan fingerprint density at radius 1 is 1.36 bits per heavy atom. The van der Waals surface area contributed by atoms with Crippen LogP contribution in [0.25, 0.3) is 0 Å². The van der Waals surface area contributed by atoms with E-state index in [0.717, 1.165) is 10.1 Å². The van der Waals surface area contributed by atoms with Crippen LogP contribution >= 0.6 is 24.0 Å². The number of thiocarbonyl (C=S) groups is 1. The number of hydrogen-bond donors (Lipinski definition) is 0. The summed E-state index contributed by atoms with van der Waals surface area (Å²) in [5.41, 5.74) is 1.34. The quantitative estimate of drug-likeness (QED) is 0.506. The van der Waals surface area contributed by atoms with Crippen molar-refractivity contribution in [1.29, 1.82) is 0 Å². The molecule has 1 saturated carbocycles. The normalized spacial score (nSPS) is 32.6. The Morgan fingerprint density at radius 2 is 2.00 bits per heavy atom. The van der Waals surface area contributed by atoms with Crippen LogP contribution in [-0.4, -0.2) is 9.45 Å². The van der Waals surface area contributed by atoms with Crippen LogP contribution in [0.2, 0.25) is 0 Å². The Balaban J connectivity index is 2.63. The zero-order valence-corrected chi connectivity index (χ0v) is 11.0. The molecule has 1 fully saturated rings. The molecule has 0 radical (unpaired) electrons. The summed E-state index contributed by atoms with van der Waals surface area (Å²) < 4.78 is 1.08. The number of allylic oxidation sites excluding steroid dienone is 1. The van der Waals surface area contributed by atoms with Gasteiger partial charge >= 0.3 is 0 Å². The first-order valence-electron chi connectivity index (χ1n) is 5.33. The van der Waals surface area contributed by atoms with Crippen molar-refractivity contribution >= 4 is 28.2 Å². The van der Waals surface area contributed by atoms with Crippen molar-refractivity contribution in [2.75, 3.05) is 0 Å². The average molecular weight is 228 g/mol. The predicted octanol–water partition coefficient (Wildman–Crippen LogP) is 4.45. The van der Waals surface area contributed by atoms with Crippen LogP contribution < -0.4 is 0 Å². The molecule has 80 valence electrons. The third-order valence-corrected chi connectivity index (χ3v) is 4.45. The fraction of sp³-hybridized carbons (Fsp3) is 0.750. The summed E-state index contributed by atoms with van der Waals surface area (Å²) in [6.45, 7) is 10.6. The van der Waals surface area contributed by atoms with Gasteiger partial charge in [-0.1, -0.05) is 37.7 Å². The highest BCUT2D eigenvalue weighted by molar-refractivity contribution is 8.23. The summed E-state index contributed by atoms with van der Waals surface area (Å²) in [7, 11) is 0. The van der Waals surface area contributed by atoms with E-state index in [-0.39, 0.29) is 0 Å². The van der Waals surface area contributed by atoms with Crippen molar-refractivity contribution in [3.8, 4) is 0 Å². The predicted molar refractivity (Wildman–Crippen MR) is 71.0 cm³/mol. The molecule has 0 aromatic carbocycles. The van der Waals surface area contributed by atoms with E-state index in [1.165, 1.54) is 24.8 Å². The third kappa shape index (κ3) is 3.39. The van der Waals surface area contributed by atoms with Gasteiger partial charge in [0.05, 0.1) is 0 Å². The van der Waals surface area contributed by atoms with Crippen LogP contribution in [0.1, 0.15) is 40.0 Å². The van der Waals surface area contributed by atoms with Crippen LogP contribution in [0.15, 0.2) is 12.2 Å². The van der Waals surface area contributed by atoms with Crippen molar-refractivity contribution < 1.29 is 0 Å². The molecule has 0 aliphatic heterocycles. The molecule has 2 heteroatoms. The van der Waals surface area contributed by atoms with Gasteiger partial charge in [-0.15, -0.1) is 11.8 Å². The Kier molecular flexibility index (Phi) is 4.65. The maximum absolute atomic E-state index is 5.19. The van der Waals surface area contributed by atoms with E-state index in [1.54, 1.807) is 0 Å². The fourth-order valence-electron chi connectivity index (χ4n) is 2.24. The number of thioether (sulfide) groups is 1. The average Bonchev–Trinajstić information content (AvgIpc) is 2.01. The Bertz CT molecular complexity index is 232. The lowest BCUT2D eigenvalue weighted by Gasteiger charge is -2.34. The van der Waals surface area contributed by atoms with Gasteiger partial charge in [0.25, 0.3) is 0 Å². The minimum atomic E-state index is 0.689. The molecule has 0 aromatic rings. The minimum absolute atomic E-state index is 0.689. The fourth-order valence-corrected chi connectivity index (χ4v) is 3.99. The molecule has 0 aromatic heterocycles. The van der Waals surface area contributed by atoms with Crippen LogP contribution in [0, 0.1) is 11.8 Å². The van der Waals surface area contributed by atoms with Crippen molar-refractivity contribution in [3.63, 3.8) is 0 Å². The lowest BCUT2D eigenvalue weighted by Crippen LogP contribution is -2.27. The second-order valence-electron chi connectivity index (χ2n) is 4.52. The minimum Gasteiger partial charge on any atom is -0.115 e. The van der Waals surface area contributed by atoms with E-state index < -0.39 is 0 Å². The van der Waals surface area contributed by atoms with Gasteiger partial charge in [0, 0.05) is 9.45 Å². The highest BCUT2D eigenvalue weighted by atomic mass is 32.2. The van der Waals surface area contributed by atoms with E-state index in [2.05, 4.69) is 20.4 Å². The van der Waals surface area contributed by atoms with Crippen LogP contribution in [-0.2, 0) is 0 Å². The molecule has 1 aliphatic rings. The molecule has 3 atom stereocenters. The molecule has 0 nitrogen and oxygen atoms in total. The summed E-state index contributed by atoms with van der Waals surface area (Å²) >= 11 is 7.07. The van der Waals surface area contributed by atoms with Crippen molar-refractivity contribution in [1.82, 2.24) is 0 Å². The molecule has 3 unspecified atom stereocenters. The molecule has 0 amide bonds. The van der Waals surface area contributed by atoms with Gasteiger partial charge in [-0.05, 0) is 38.5 Å². The van der Waals surface area contributed by atoms with Crippen LogP contribution in [0.3, 0.4) is 0 Å². The highest BCUT2D eigenvalue weighted by Gasteiger charge is 2.29. The van der Waals surface area contributed by atoms with Gasteiger partial charge in [-0.2, -0.15) is 0 Å². The van der Waals surface area contributed by atoms with Crippen LogP contribution in [0.4, 0.5) is 0 Å². The first kappa shape index (κ1) is 12.3. The first-order valence-corrected chi connectivity index (χ1v) is 6.62. The molecular formula is C12H20S2. The van der Waals surface area contributed by atoms with Crippen molar-refractivity contribution in [2.45, 2.75) is 45.3 Å². The van der Waals surface area contributed by atoms with E-state index >= 15 is 0 Å². The maximum atomic E-state index is 5.19. The monoisotopic (exact) mass is 228 g/mol. The van der Waals surface area contributed by atoms with Gasteiger partial charge in [-0.25, -0.2) is 0 Å². The highest BCUT2D eigenvalue weighted by Crippen LogP contribution is 2.39. The van der Waals surface area contributed by atoms with Crippen molar-refractivity contribution in [2.24, 2.45) is 11.8 Å². The molecular weight excluding hydrogens is 208 g/mol. The van der Waals surface area contributed by atoms with Gasteiger partial charge in [0.15, 0.2) is 0 Å². The molecule has 0 bridgehead atoms. The zero-order chi connectivity index (χ0) is 10.7. The second-order valence-corrected chi connectivity index (χ2v) is 6.84. The number of hydrogen-bond acceptors (Lipinski definition) is 2. The molecule has 1 rings (SSSR count).